The van der Waals surface area contributed by atoms with Crippen LogP contribution in [0.15, 0.2) is 46.9 Å². The molecule has 0 radical (unpaired) electrons. The van der Waals surface area contributed by atoms with Gasteiger partial charge in [0.25, 0.3) is 0 Å². The van der Waals surface area contributed by atoms with E-state index in [0.717, 1.165) is 0 Å². The quantitative estimate of drug-likeness (QED) is 0.737. The molecule has 0 amide bonds. The van der Waals surface area contributed by atoms with Gasteiger partial charge in [-0.05, 0) is 49.4 Å². The molecule has 0 N–H and O–H groups in total. The summed E-state index contributed by atoms with van der Waals surface area (Å²) in [5.41, 5.74) is 0. The van der Waals surface area contributed by atoms with E-state index < -0.39 is 17.9 Å². The highest BCUT2D eigenvalue weighted by Gasteiger charge is 2.14. The van der Waals surface area contributed by atoms with Gasteiger partial charge in [-0.2, -0.15) is 0 Å². The molecule has 0 saturated carbocycles. The lowest BCUT2D eigenvalue weighted by atomic mass is 10.3. The second-order valence-corrected chi connectivity index (χ2v) is 5.35. The summed E-state index contributed by atoms with van der Waals surface area (Å²) in [5.74, 6) is 0.145. The Morgan fingerprint density at radius 2 is 1.77 bits per heavy atom. The third-order valence-corrected chi connectivity index (χ3v) is 3.28. The largest absolute Gasteiger partial charge is 0.479 e. The molecule has 2 aromatic rings. The second-order valence-electron chi connectivity index (χ2n) is 4.43. The van der Waals surface area contributed by atoms with Gasteiger partial charge >= 0.3 is 5.97 Å². The smallest absolute Gasteiger partial charge is 0.346 e. The van der Waals surface area contributed by atoms with Crippen LogP contribution in [0, 0.1) is 5.82 Å². The second kappa shape index (κ2) is 7.26. The molecule has 116 valence electrons. The zero-order valence-corrected chi connectivity index (χ0v) is 13.6. The molecule has 0 saturated heterocycles. The highest BCUT2D eigenvalue weighted by Crippen LogP contribution is 2.28. The van der Waals surface area contributed by atoms with Crippen molar-refractivity contribution in [3.8, 4) is 17.2 Å². The van der Waals surface area contributed by atoms with Gasteiger partial charge in [0.15, 0.2) is 17.7 Å². The molecule has 0 aliphatic heterocycles. The zero-order valence-electron chi connectivity index (χ0n) is 12.0. The highest BCUT2D eigenvalue weighted by molar-refractivity contribution is 9.10. The fourth-order valence-electron chi connectivity index (χ4n) is 1.69. The van der Waals surface area contributed by atoms with Crippen LogP contribution in [0.1, 0.15) is 6.92 Å². The Morgan fingerprint density at radius 3 is 2.36 bits per heavy atom. The number of hydrogen-bond acceptors (Lipinski definition) is 4. The summed E-state index contributed by atoms with van der Waals surface area (Å²) in [4.78, 5) is 11.3. The normalized spacial score (nSPS) is 11.6. The number of carbonyl (C=O) groups excluding carboxylic acids is 1. The molecule has 4 nitrogen and oxygen atoms in total. The van der Waals surface area contributed by atoms with Gasteiger partial charge in [-0.3, -0.25) is 0 Å². The van der Waals surface area contributed by atoms with E-state index in [1.165, 1.54) is 19.2 Å². The Labute approximate surface area is 135 Å². The molecule has 0 aliphatic carbocycles. The van der Waals surface area contributed by atoms with Crippen LogP contribution < -0.4 is 9.47 Å². The van der Waals surface area contributed by atoms with Crippen molar-refractivity contribution in [2.75, 3.05) is 7.11 Å². The molecule has 0 spiro atoms. The molecular formula is C16H14BrFO4. The van der Waals surface area contributed by atoms with Crippen LogP contribution in [0.3, 0.4) is 0 Å². The number of rotatable bonds is 5. The van der Waals surface area contributed by atoms with Gasteiger partial charge < -0.3 is 14.2 Å². The Bertz CT molecular complexity index is 658. The first-order valence-electron chi connectivity index (χ1n) is 6.47. The summed E-state index contributed by atoms with van der Waals surface area (Å²) in [6, 6.07) is 11.1. The van der Waals surface area contributed by atoms with Gasteiger partial charge in [0.05, 0.1) is 7.11 Å². The van der Waals surface area contributed by atoms with E-state index in [4.69, 9.17) is 9.47 Å². The van der Waals surface area contributed by atoms with Gasteiger partial charge in [-0.25, -0.2) is 9.18 Å². The first kappa shape index (κ1) is 16.3. The Hall–Kier alpha value is -2.08. The molecule has 6 heteroatoms. The number of halogens is 2. The van der Waals surface area contributed by atoms with E-state index in [0.29, 0.717) is 16.0 Å². The van der Waals surface area contributed by atoms with Crippen LogP contribution in [0.4, 0.5) is 4.39 Å². The number of esters is 1. The predicted octanol–water partition coefficient (Wildman–Crippen LogP) is 4.32. The van der Waals surface area contributed by atoms with E-state index in [2.05, 4.69) is 20.7 Å². The van der Waals surface area contributed by atoms with Crippen molar-refractivity contribution in [3.63, 3.8) is 0 Å². The molecular weight excluding hydrogens is 355 g/mol. The topological polar surface area (TPSA) is 44.8 Å². The van der Waals surface area contributed by atoms with Crippen molar-refractivity contribution in [2.24, 2.45) is 0 Å². The molecule has 1 atom stereocenters. The number of ether oxygens (including phenoxy) is 3. The molecule has 0 aliphatic rings. The third-order valence-electron chi connectivity index (χ3n) is 2.79. The fraction of sp³-hybridized carbons (Fsp3) is 0.188. The van der Waals surface area contributed by atoms with Crippen molar-refractivity contribution in [1.29, 1.82) is 0 Å². The number of carbonyl (C=O) groups is 1. The fourth-order valence-corrected chi connectivity index (χ4v) is 2.02. The molecule has 22 heavy (non-hydrogen) atoms. The maximum Gasteiger partial charge on any atom is 0.346 e. The minimum Gasteiger partial charge on any atom is -0.479 e. The number of methoxy groups -OCH3 is 1. The average Bonchev–Trinajstić information content (AvgIpc) is 2.51. The number of benzene rings is 2. The van der Waals surface area contributed by atoms with Gasteiger partial charge in [0, 0.05) is 4.47 Å². The van der Waals surface area contributed by atoms with Crippen molar-refractivity contribution >= 4 is 21.9 Å². The Balaban J connectivity index is 2.04. The van der Waals surface area contributed by atoms with E-state index in [9.17, 15) is 9.18 Å². The van der Waals surface area contributed by atoms with Gasteiger partial charge in [0.2, 0.25) is 0 Å². The zero-order chi connectivity index (χ0) is 16.1. The minimum absolute atomic E-state index is 0.125. The Kier molecular flexibility index (Phi) is 5.38. The van der Waals surface area contributed by atoms with Crippen molar-refractivity contribution in [2.45, 2.75) is 13.0 Å². The number of hydrogen-bond donors (Lipinski definition) is 0. The standard InChI is InChI=1S/C16H14BrFO4/c1-10(16(19)20-2)21-12-4-6-13(7-5-12)22-15-8-3-11(17)9-14(15)18/h3-10H,1-2H3. The molecule has 2 rings (SSSR count). The van der Waals surface area contributed by atoms with Gasteiger partial charge in [0.1, 0.15) is 11.5 Å². The molecule has 0 aromatic heterocycles. The maximum atomic E-state index is 13.7. The lowest BCUT2D eigenvalue weighted by Crippen LogP contribution is -2.24. The van der Waals surface area contributed by atoms with Crippen LogP contribution in [-0.2, 0) is 9.53 Å². The van der Waals surface area contributed by atoms with Gasteiger partial charge in [-0.1, -0.05) is 15.9 Å². The molecule has 0 heterocycles. The molecule has 0 bridgehead atoms. The highest BCUT2D eigenvalue weighted by atomic mass is 79.9. The van der Waals surface area contributed by atoms with Crippen LogP contribution >= 0.6 is 15.9 Å². The lowest BCUT2D eigenvalue weighted by Gasteiger charge is -2.13. The summed E-state index contributed by atoms with van der Waals surface area (Å²) < 4.78 is 29.7. The molecule has 2 aromatic carbocycles. The lowest BCUT2D eigenvalue weighted by molar-refractivity contribution is -0.147. The van der Waals surface area contributed by atoms with E-state index in [1.807, 2.05) is 0 Å². The van der Waals surface area contributed by atoms with Crippen LogP contribution in [0.25, 0.3) is 0 Å². The first-order chi connectivity index (χ1) is 10.5. The Morgan fingerprint density at radius 1 is 1.14 bits per heavy atom. The summed E-state index contributed by atoms with van der Waals surface area (Å²) in [5, 5.41) is 0. The summed E-state index contributed by atoms with van der Waals surface area (Å²) in [7, 11) is 1.30. The molecule has 0 fully saturated rings. The summed E-state index contributed by atoms with van der Waals surface area (Å²) in [6.45, 7) is 1.59. The third kappa shape index (κ3) is 4.21. The van der Waals surface area contributed by atoms with E-state index >= 15 is 0 Å². The van der Waals surface area contributed by atoms with Crippen LogP contribution in [0.5, 0.6) is 17.2 Å². The monoisotopic (exact) mass is 368 g/mol. The van der Waals surface area contributed by atoms with Crippen molar-refractivity contribution in [3.05, 3.63) is 52.8 Å². The molecule has 1 unspecified atom stereocenters. The van der Waals surface area contributed by atoms with E-state index in [-0.39, 0.29) is 5.75 Å². The van der Waals surface area contributed by atoms with E-state index in [1.54, 1.807) is 37.3 Å². The first-order valence-corrected chi connectivity index (χ1v) is 7.26. The predicted molar refractivity (Wildman–Crippen MR) is 82.7 cm³/mol. The minimum atomic E-state index is -0.708. The van der Waals surface area contributed by atoms with Crippen molar-refractivity contribution in [1.82, 2.24) is 0 Å². The van der Waals surface area contributed by atoms with Crippen LogP contribution in [0.2, 0.25) is 0 Å². The summed E-state index contributed by atoms with van der Waals surface area (Å²) in [6.07, 6.45) is -0.708. The van der Waals surface area contributed by atoms with Gasteiger partial charge in [-0.15, -0.1) is 0 Å². The SMILES string of the molecule is COC(=O)C(C)Oc1ccc(Oc2ccc(Br)cc2F)cc1. The maximum absolute atomic E-state index is 13.7. The average molecular weight is 369 g/mol. The van der Waals surface area contributed by atoms with Crippen molar-refractivity contribution < 1.29 is 23.4 Å². The van der Waals surface area contributed by atoms with Crippen LogP contribution in [-0.4, -0.2) is 19.2 Å². The summed E-state index contributed by atoms with van der Waals surface area (Å²) >= 11 is 3.18.